The van der Waals surface area contributed by atoms with Crippen molar-refractivity contribution in [3.05, 3.63) is 12.2 Å². The van der Waals surface area contributed by atoms with Crippen molar-refractivity contribution >= 4 is 11.9 Å². The van der Waals surface area contributed by atoms with Crippen LogP contribution in [0.3, 0.4) is 0 Å². The lowest BCUT2D eigenvalue weighted by atomic mass is 10.1. The van der Waals surface area contributed by atoms with Gasteiger partial charge in [-0.25, -0.2) is 4.79 Å². The molecule has 0 saturated carbocycles. The van der Waals surface area contributed by atoms with Crippen LogP contribution in [0.5, 0.6) is 0 Å². The first kappa shape index (κ1) is 22.7. The summed E-state index contributed by atoms with van der Waals surface area (Å²) in [7, 11) is 0. The van der Waals surface area contributed by atoms with Gasteiger partial charge in [-0.2, -0.15) is 0 Å². The number of nitrogens with two attached hydrogens (primary N) is 1. The van der Waals surface area contributed by atoms with Crippen molar-refractivity contribution in [3.8, 4) is 0 Å². The molecule has 4 heteroatoms. The molecular formula is C20H37NO3. The van der Waals surface area contributed by atoms with Gasteiger partial charge in [0.1, 0.15) is 0 Å². The number of carbonyl (C=O) groups excluding carboxylic acids is 2. The largest absolute Gasteiger partial charge is 0.459 e. The molecule has 0 heterocycles. The van der Waals surface area contributed by atoms with Crippen LogP contribution in [-0.4, -0.2) is 18.5 Å². The Morgan fingerprint density at radius 3 is 1.71 bits per heavy atom. The summed E-state index contributed by atoms with van der Waals surface area (Å²) in [5.41, 5.74) is 4.79. The molecule has 0 aromatic carbocycles. The van der Waals surface area contributed by atoms with E-state index in [0.717, 1.165) is 19.3 Å². The highest BCUT2D eigenvalue weighted by Gasteiger charge is 2.08. The normalized spacial score (nSPS) is 11.0. The number of esters is 1. The van der Waals surface area contributed by atoms with Crippen LogP contribution in [0.25, 0.3) is 0 Å². The van der Waals surface area contributed by atoms with Gasteiger partial charge in [0.05, 0.1) is 6.61 Å². The first-order valence-electron chi connectivity index (χ1n) is 9.80. The number of allylic oxidation sites excluding steroid dienone is 2. The SMILES string of the molecule is CCCCCCCC/C=C\CCCCCCCCOC(=O)C(N)=O. The van der Waals surface area contributed by atoms with Gasteiger partial charge >= 0.3 is 11.9 Å². The van der Waals surface area contributed by atoms with E-state index in [2.05, 4.69) is 19.1 Å². The van der Waals surface area contributed by atoms with E-state index in [9.17, 15) is 9.59 Å². The van der Waals surface area contributed by atoms with Crippen LogP contribution in [-0.2, 0) is 14.3 Å². The minimum absolute atomic E-state index is 0.295. The number of rotatable bonds is 16. The summed E-state index contributed by atoms with van der Waals surface area (Å²) in [6.45, 7) is 2.55. The Kier molecular flexibility index (Phi) is 17.0. The molecule has 0 atom stereocenters. The predicted molar refractivity (Wildman–Crippen MR) is 99.6 cm³/mol. The molecule has 2 N–H and O–H groups in total. The molecule has 0 fully saturated rings. The van der Waals surface area contributed by atoms with Gasteiger partial charge in [0.15, 0.2) is 0 Å². The maximum absolute atomic E-state index is 10.8. The van der Waals surface area contributed by atoms with E-state index >= 15 is 0 Å². The molecule has 0 aliphatic rings. The van der Waals surface area contributed by atoms with Crippen LogP contribution in [0.2, 0.25) is 0 Å². The Labute approximate surface area is 148 Å². The average molecular weight is 340 g/mol. The molecule has 0 aromatic rings. The molecule has 0 unspecified atom stereocenters. The van der Waals surface area contributed by atoms with Crippen molar-refractivity contribution in [2.75, 3.05) is 6.61 Å². The first-order valence-corrected chi connectivity index (χ1v) is 9.80. The summed E-state index contributed by atoms with van der Waals surface area (Å²) >= 11 is 0. The van der Waals surface area contributed by atoms with Crippen LogP contribution in [0.1, 0.15) is 96.8 Å². The van der Waals surface area contributed by atoms with Gasteiger partial charge in [-0.1, -0.05) is 76.9 Å². The van der Waals surface area contributed by atoms with Crippen molar-refractivity contribution in [1.29, 1.82) is 0 Å². The standard InChI is InChI=1S/C20H37NO3/c1-2-3-4-5-6-7-8-9-10-11-12-13-14-15-16-17-18-24-20(23)19(21)22/h9-10H,2-8,11-18H2,1H3,(H2,21,22)/b10-9-. The summed E-state index contributed by atoms with van der Waals surface area (Å²) in [6, 6.07) is 0. The molecule has 0 saturated heterocycles. The number of amides is 1. The van der Waals surface area contributed by atoms with Gasteiger partial charge in [0.2, 0.25) is 0 Å². The molecule has 0 aliphatic carbocycles. The Balaban J connectivity index is 3.15. The Morgan fingerprint density at radius 1 is 0.750 bits per heavy atom. The molecule has 24 heavy (non-hydrogen) atoms. The topological polar surface area (TPSA) is 69.4 Å². The van der Waals surface area contributed by atoms with E-state index in [0.29, 0.717) is 6.61 Å². The lowest BCUT2D eigenvalue weighted by Crippen LogP contribution is -2.25. The molecule has 0 bridgehead atoms. The summed E-state index contributed by atoms with van der Waals surface area (Å²) in [5, 5.41) is 0. The highest BCUT2D eigenvalue weighted by Crippen LogP contribution is 2.09. The highest BCUT2D eigenvalue weighted by atomic mass is 16.5. The summed E-state index contributed by atoms with van der Waals surface area (Å²) < 4.78 is 4.70. The zero-order valence-electron chi connectivity index (χ0n) is 15.6. The zero-order chi connectivity index (χ0) is 17.9. The summed E-state index contributed by atoms with van der Waals surface area (Å²) in [6.07, 6.45) is 22.0. The summed E-state index contributed by atoms with van der Waals surface area (Å²) in [5.74, 6) is -1.94. The maximum Gasteiger partial charge on any atom is 0.396 e. The van der Waals surface area contributed by atoms with Gasteiger partial charge in [-0.05, 0) is 32.1 Å². The van der Waals surface area contributed by atoms with E-state index in [4.69, 9.17) is 10.5 Å². The molecule has 0 aromatic heterocycles. The minimum atomic E-state index is -1.01. The second-order valence-corrected chi connectivity index (χ2v) is 6.44. The van der Waals surface area contributed by atoms with Gasteiger partial charge in [0.25, 0.3) is 0 Å². The van der Waals surface area contributed by atoms with Gasteiger partial charge in [0, 0.05) is 0 Å². The maximum atomic E-state index is 10.8. The fourth-order valence-electron chi connectivity index (χ4n) is 2.59. The van der Waals surface area contributed by atoms with Crippen molar-refractivity contribution < 1.29 is 14.3 Å². The number of hydrogen-bond acceptors (Lipinski definition) is 3. The number of hydrogen-bond donors (Lipinski definition) is 1. The van der Waals surface area contributed by atoms with Crippen LogP contribution in [0.15, 0.2) is 12.2 Å². The second-order valence-electron chi connectivity index (χ2n) is 6.44. The smallest absolute Gasteiger partial charge is 0.396 e. The van der Waals surface area contributed by atoms with E-state index in [1.165, 1.54) is 70.6 Å². The molecule has 0 spiro atoms. The fraction of sp³-hybridized carbons (Fsp3) is 0.800. The number of primary amides is 1. The Bertz CT molecular complexity index is 340. The fourth-order valence-corrected chi connectivity index (χ4v) is 2.59. The lowest BCUT2D eigenvalue weighted by molar-refractivity contribution is -0.153. The second kappa shape index (κ2) is 18.0. The van der Waals surface area contributed by atoms with Crippen molar-refractivity contribution in [3.63, 3.8) is 0 Å². The predicted octanol–water partition coefficient (Wildman–Crippen LogP) is 5.05. The average Bonchev–Trinajstić information content (AvgIpc) is 2.57. The molecule has 140 valence electrons. The van der Waals surface area contributed by atoms with Crippen molar-refractivity contribution in [2.45, 2.75) is 96.8 Å². The van der Waals surface area contributed by atoms with Crippen molar-refractivity contribution in [1.82, 2.24) is 0 Å². The quantitative estimate of drug-likeness (QED) is 0.185. The van der Waals surface area contributed by atoms with Crippen LogP contribution < -0.4 is 5.73 Å². The Morgan fingerprint density at radius 2 is 1.21 bits per heavy atom. The third-order valence-corrected chi connectivity index (χ3v) is 4.09. The van der Waals surface area contributed by atoms with Gasteiger partial charge < -0.3 is 10.5 Å². The molecule has 0 rings (SSSR count). The molecular weight excluding hydrogens is 302 g/mol. The van der Waals surface area contributed by atoms with Crippen molar-refractivity contribution in [2.24, 2.45) is 5.73 Å². The lowest BCUT2D eigenvalue weighted by Gasteiger charge is -2.02. The van der Waals surface area contributed by atoms with Gasteiger partial charge in [-0.3, -0.25) is 4.79 Å². The molecule has 1 amide bonds. The van der Waals surface area contributed by atoms with Crippen LogP contribution in [0.4, 0.5) is 0 Å². The van der Waals surface area contributed by atoms with Crippen LogP contribution in [0, 0.1) is 0 Å². The Hall–Kier alpha value is -1.32. The molecule has 4 nitrogen and oxygen atoms in total. The highest BCUT2D eigenvalue weighted by molar-refractivity contribution is 6.31. The van der Waals surface area contributed by atoms with E-state index in [1.54, 1.807) is 0 Å². The number of carbonyl (C=O) groups is 2. The van der Waals surface area contributed by atoms with E-state index in [1.807, 2.05) is 0 Å². The summed E-state index contributed by atoms with van der Waals surface area (Å²) in [4.78, 5) is 21.2. The number of ether oxygens (including phenoxy) is 1. The van der Waals surface area contributed by atoms with Crippen LogP contribution >= 0.6 is 0 Å². The minimum Gasteiger partial charge on any atom is -0.459 e. The van der Waals surface area contributed by atoms with Gasteiger partial charge in [-0.15, -0.1) is 0 Å². The van der Waals surface area contributed by atoms with E-state index < -0.39 is 11.9 Å². The third kappa shape index (κ3) is 17.0. The monoisotopic (exact) mass is 339 g/mol. The van der Waals surface area contributed by atoms with E-state index in [-0.39, 0.29) is 0 Å². The first-order chi connectivity index (χ1) is 11.7. The zero-order valence-corrected chi connectivity index (χ0v) is 15.6. The third-order valence-electron chi connectivity index (χ3n) is 4.09. The number of unbranched alkanes of at least 4 members (excludes halogenated alkanes) is 12. The molecule has 0 aliphatic heterocycles. The molecule has 0 radical (unpaired) electrons.